The number of nitrogens with one attached hydrogen (secondary N) is 1. The van der Waals surface area contributed by atoms with Crippen LogP contribution in [0.5, 0.6) is 0 Å². The Morgan fingerprint density at radius 2 is 1.74 bits per heavy atom. The SMILES string of the molecule is C=C(C)OCOCCOC(=O)NC1CCCC(OCCOC(=O)C(=C)C)C1. The fourth-order valence-electron chi connectivity index (χ4n) is 2.50. The first-order valence-electron chi connectivity index (χ1n) is 9.12. The minimum Gasteiger partial charge on any atom is -0.473 e. The summed E-state index contributed by atoms with van der Waals surface area (Å²) in [5.41, 5.74) is 0.365. The number of amides is 1. The lowest BCUT2D eigenvalue weighted by atomic mass is 9.93. The fourth-order valence-corrected chi connectivity index (χ4v) is 2.50. The lowest BCUT2D eigenvalue weighted by molar-refractivity contribution is -0.141. The van der Waals surface area contributed by atoms with E-state index < -0.39 is 12.1 Å². The van der Waals surface area contributed by atoms with Gasteiger partial charge in [0.25, 0.3) is 0 Å². The van der Waals surface area contributed by atoms with Crippen molar-refractivity contribution in [3.05, 3.63) is 24.5 Å². The van der Waals surface area contributed by atoms with Gasteiger partial charge in [-0.25, -0.2) is 9.59 Å². The highest BCUT2D eigenvalue weighted by Gasteiger charge is 2.24. The molecular weight excluding hydrogens is 354 g/mol. The van der Waals surface area contributed by atoms with Gasteiger partial charge in [0.05, 0.1) is 25.1 Å². The van der Waals surface area contributed by atoms with Gasteiger partial charge in [0.15, 0.2) is 6.79 Å². The highest BCUT2D eigenvalue weighted by Crippen LogP contribution is 2.21. The lowest BCUT2D eigenvalue weighted by Crippen LogP contribution is -2.41. The molecule has 1 aliphatic rings. The van der Waals surface area contributed by atoms with Gasteiger partial charge in [-0.15, -0.1) is 0 Å². The van der Waals surface area contributed by atoms with Crippen molar-refractivity contribution >= 4 is 12.1 Å². The summed E-state index contributed by atoms with van der Waals surface area (Å²) in [5, 5.41) is 2.84. The molecule has 0 aliphatic heterocycles. The summed E-state index contributed by atoms with van der Waals surface area (Å²) in [6, 6.07) is 0.00175. The van der Waals surface area contributed by atoms with Crippen molar-refractivity contribution in [2.24, 2.45) is 0 Å². The normalized spacial score (nSPS) is 19.0. The smallest absolute Gasteiger partial charge is 0.407 e. The van der Waals surface area contributed by atoms with E-state index in [1.54, 1.807) is 13.8 Å². The molecule has 1 saturated carbocycles. The van der Waals surface area contributed by atoms with Crippen LogP contribution in [0.25, 0.3) is 0 Å². The van der Waals surface area contributed by atoms with Gasteiger partial charge >= 0.3 is 12.1 Å². The Kier molecular flexibility index (Phi) is 11.2. The van der Waals surface area contributed by atoms with Crippen LogP contribution in [-0.4, -0.2) is 57.4 Å². The zero-order valence-corrected chi connectivity index (χ0v) is 16.3. The van der Waals surface area contributed by atoms with E-state index >= 15 is 0 Å². The molecule has 0 saturated heterocycles. The van der Waals surface area contributed by atoms with Crippen molar-refractivity contribution in [3.8, 4) is 0 Å². The van der Waals surface area contributed by atoms with Crippen LogP contribution >= 0.6 is 0 Å². The highest BCUT2D eigenvalue weighted by molar-refractivity contribution is 5.86. The summed E-state index contributed by atoms with van der Waals surface area (Å²) in [6.45, 7) is 11.4. The molecule has 1 amide bonds. The third kappa shape index (κ3) is 11.3. The third-order valence-electron chi connectivity index (χ3n) is 3.82. The number of alkyl carbamates (subject to hydrolysis) is 1. The molecule has 1 N–H and O–H groups in total. The van der Waals surface area contributed by atoms with E-state index in [1.807, 2.05) is 0 Å². The molecule has 27 heavy (non-hydrogen) atoms. The molecule has 0 aromatic rings. The van der Waals surface area contributed by atoms with Gasteiger partial charge in [-0.2, -0.15) is 0 Å². The molecule has 1 aliphatic carbocycles. The molecule has 8 heteroatoms. The largest absolute Gasteiger partial charge is 0.473 e. The summed E-state index contributed by atoms with van der Waals surface area (Å²) >= 11 is 0. The van der Waals surface area contributed by atoms with Crippen LogP contribution in [0.4, 0.5) is 4.79 Å². The van der Waals surface area contributed by atoms with Crippen LogP contribution in [-0.2, 0) is 28.5 Å². The van der Waals surface area contributed by atoms with Gasteiger partial charge in [0.2, 0.25) is 0 Å². The topological polar surface area (TPSA) is 92.3 Å². The monoisotopic (exact) mass is 385 g/mol. The Balaban J connectivity index is 2.11. The second kappa shape index (κ2) is 13.2. The second-order valence-corrected chi connectivity index (χ2v) is 6.43. The Bertz CT molecular complexity index is 506. The molecule has 1 fully saturated rings. The zero-order valence-electron chi connectivity index (χ0n) is 16.3. The Morgan fingerprint density at radius 3 is 2.44 bits per heavy atom. The summed E-state index contributed by atoms with van der Waals surface area (Å²) in [4.78, 5) is 23.1. The molecule has 2 atom stereocenters. The predicted octanol–water partition coefficient (Wildman–Crippen LogP) is 2.68. The van der Waals surface area contributed by atoms with Crippen LogP contribution < -0.4 is 5.32 Å². The van der Waals surface area contributed by atoms with Crippen molar-refractivity contribution in [2.45, 2.75) is 51.7 Å². The number of hydrogen-bond acceptors (Lipinski definition) is 7. The number of rotatable bonds is 12. The first-order valence-corrected chi connectivity index (χ1v) is 9.12. The maximum atomic E-state index is 11.8. The van der Waals surface area contributed by atoms with Crippen LogP contribution in [0.2, 0.25) is 0 Å². The third-order valence-corrected chi connectivity index (χ3v) is 3.82. The van der Waals surface area contributed by atoms with Gasteiger partial charge < -0.3 is 29.0 Å². The van der Waals surface area contributed by atoms with Crippen molar-refractivity contribution in [2.75, 3.05) is 33.2 Å². The maximum Gasteiger partial charge on any atom is 0.407 e. The average molecular weight is 385 g/mol. The molecule has 0 aromatic heterocycles. The second-order valence-electron chi connectivity index (χ2n) is 6.43. The molecule has 0 spiro atoms. The molecule has 2 unspecified atom stereocenters. The molecule has 154 valence electrons. The van der Waals surface area contributed by atoms with E-state index in [0.29, 0.717) is 24.4 Å². The number of hydrogen-bond donors (Lipinski definition) is 1. The quantitative estimate of drug-likeness (QED) is 0.181. The minimum absolute atomic E-state index is 0.00175. The van der Waals surface area contributed by atoms with Crippen molar-refractivity contribution in [1.29, 1.82) is 0 Å². The van der Waals surface area contributed by atoms with E-state index in [2.05, 4.69) is 18.5 Å². The van der Waals surface area contributed by atoms with Crippen LogP contribution in [0, 0.1) is 0 Å². The van der Waals surface area contributed by atoms with Crippen LogP contribution in [0.15, 0.2) is 24.5 Å². The standard InChI is InChI=1S/C19H31NO7/c1-14(2)18(21)25-11-10-24-17-7-5-6-16(12-17)20-19(22)26-9-8-23-13-27-15(3)4/h16-17H,1,3,5-13H2,2,4H3,(H,20,22). The molecule has 0 bridgehead atoms. The van der Waals surface area contributed by atoms with E-state index in [-0.39, 0.29) is 38.8 Å². The molecule has 0 heterocycles. The summed E-state index contributed by atoms with van der Waals surface area (Å²) in [7, 11) is 0. The van der Waals surface area contributed by atoms with Gasteiger partial charge in [-0.05, 0) is 39.5 Å². The van der Waals surface area contributed by atoms with Crippen LogP contribution in [0.1, 0.15) is 39.5 Å². The van der Waals surface area contributed by atoms with Gasteiger partial charge in [0, 0.05) is 11.6 Å². The molecule has 8 nitrogen and oxygen atoms in total. The van der Waals surface area contributed by atoms with E-state index in [9.17, 15) is 9.59 Å². The summed E-state index contributed by atoms with van der Waals surface area (Å²) in [6.07, 6.45) is 2.99. The average Bonchev–Trinajstić information content (AvgIpc) is 2.61. The van der Waals surface area contributed by atoms with Crippen molar-refractivity contribution < 1.29 is 33.3 Å². The molecular formula is C19H31NO7. The number of allylic oxidation sites excluding steroid dienone is 1. The number of ether oxygens (including phenoxy) is 5. The van der Waals surface area contributed by atoms with Crippen molar-refractivity contribution in [3.63, 3.8) is 0 Å². The maximum absolute atomic E-state index is 11.8. The number of carbonyl (C=O) groups is 2. The van der Waals surface area contributed by atoms with Gasteiger partial charge in [0.1, 0.15) is 13.2 Å². The molecule has 1 rings (SSSR count). The van der Waals surface area contributed by atoms with E-state index in [4.69, 9.17) is 23.7 Å². The Morgan fingerprint density at radius 1 is 1.00 bits per heavy atom. The van der Waals surface area contributed by atoms with E-state index in [0.717, 1.165) is 19.3 Å². The summed E-state index contributed by atoms with van der Waals surface area (Å²) < 4.78 is 26.0. The first kappa shape index (κ1) is 23.0. The summed E-state index contributed by atoms with van der Waals surface area (Å²) in [5.74, 6) is 0.149. The molecule has 0 aromatic carbocycles. The fraction of sp³-hybridized carbons (Fsp3) is 0.684. The van der Waals surface area contributed by atoms with E-state index in [1.165, 1.54) is 0 Å². The van der Waals surface area contributed by atoms with Crippen molar-refractivity contribution in [1.82, 2.24) is 5.32 Å². The molecule has 0 radical (unpaired) electrons. The predicted molar refractivity (Wildman–Crippen MR) is 99.0 cm³/mol. The lowest BCUT2D eigenvalue weighted by Gasteiger charge is -2.29. The van der Waals surface area contributed by atoms with Crippen LogP contribution in [0.3, 0.4) is 0 Å². The Hall–Kier alpha value is -2.06. The van der Waals surface area contributed by atoms with Gasteiger partial charge in [-0.3, -0.25) is 0 Å². The number of esters is 1. The zero-order chi connectivity index (χ0) is 20.1. The first-order chi connectivity index (χ1) is 12.9. The van der Waals surface area contributed by atoms with Gasteiger partial charge in [-0.1, -0.05) is 13.2 Å². The minimum atomic E-state index is -0.472. The Labute approximate surface area is 160 Å². The number of carbonyl (C=O) groups excluding carboxylic acids is 2. The highest BCUT2D eigenvalue weighted by atomic mass is 16.7.